The molecule has 32 heavy (non-hydrogen) atoms. The van der Waals surface area contributed by atoms with Gasteiger partial charge < -0.3 is 4.74 Å². The Hall–Kier alpha value is -2.09. The molecule has 3 rings (SSSR count). The third-order valence-electron chi connectivity index (χ3n) is 6.89. The first kappa shape index (κ1) is 24.6. The maximum atomic E-state index is 12.3. The zero-order valence-electron chi connectivity index (χ0n) is 20.3. The van der Waals surface area contributed by atoms with Crippen molar-refractivity contribution in [2.24, 2.45) is 5.92 Å². The van der Waals surface area contributed by atoms with Gasteiger partial charge in [-0.1, -0.05) is 120 Å². The zero-order chi connectivity index (χ0) is 22.6. The molecule has 2 aromatic rings. The van der Waals surface area contributed by atoms with E-state index >= 15 is 0 Å². The molecule has 0 N–H and O–H groups in total. The van der Waals surface area contributed by atoms with Crippen molar-refractivity contribution in [3.63, 3.8) is 0 Å². The highest BCUT2D eigenvalue weighted by Gasteiger charge is 2.34. The monoisotopic (exact) mass is 434 g/mol. The molecule has 2 heteroatoms. The lowest BCUT2D eigenvalue weighted by Gasteiger charge is -2.11. The molecule has 0 aliphatic carbocycles. The molecule has 2 atom stereocenters. The third-order valence-corrected chi connectivity index (χ3v) is 6.89. The quantitative estimate of drug-likeness (QED) is 0.219. The van der Waals surface area contributed by atoms with Crippen LogP contribution in [0.15, 0.2) is 48.5 Å². The second kappa shape index (κ2) is 13.5. The summed E-state index contributed by atoms with van der Waals surface area (Å²) in [7, 11) is 0. The molecule has 0 spiro atoms. The predicted octanol–water partition coefficient (Wildman–Crippen LogP) is 8.83. The van der Waals surface area contributed by atoms with Gasteiger partial charge in [0.1, 0.15) is 6.10 Å². The highest BCUT2D eigenvalue weighted by atomic mass is 16.5. The Bertz CT molecular complexity index is 791. The summed E-state index contributed by atoms with van der Waals surface area (Å²) in [5.74, 6) is 0.0814. The summed E-state index contributed by atoms with van der Waals surface area (Å²) >= 11 is 0. The van der Waals surface area contributed by atoms with Crippen molar-refractivity contribution in [2.45, 2.75) is 103 Å². The van der Waals surface area contributed by atoms with Crippen molar-refractivity contribution in [3.8, 4) is 11.1 Å². The number of unbranched alkanes of at least 4 members (excludes halogenated alkanes) is 8. The Labute approximate surface area is 195 Å². The molecule has 0 aromatic heterocycles. The van der Waals surface area contributed by atoms with Gasteiger partial charge in [0.25, 0.3) is 0 Å². The van der Waals surface area contributed by atoms with Crippen LogP contribution in [-0.2, 0) is 16.0 Å². The standard InChI is InChI=1S/C30H42O2/c1-3-5-7-9-10-12-14-28-23-29(32-30(28)31)27-21-19-26(20-22-27)25-17-15-24(16-18-25)13-11-8-6-4-2/h15-22,28-29H,3-14,23H2,1-2H3. The average molecular weight is 435 g/mol. The van der Waals surface area contributed by atoms with Crippen molar-refractivity contribution >= 4 is 5.97 Å². The zero-order valence-corrected chi connectivity index (χ0v) is 20.3. The summed E-state index contributed by atoms with van der Waals surface area (Å²) in [6.07, 6.45) is 15.7. The molecule has 0 radical (unpaired) electrons. The van der Waals surface area contributed by atoms with E-state index in [-0.39, 0.29) is 18.0 Å². The fourth-order valence-electron chi connectivity index (χ4n) is 4.76. The SMILES string of the molecule is CCCCCCCCC1CC(c2ccc(-c3ccc(CCCCCC)cc3)cc2)OC1=O. The first-order valence-corrected chi connectivity index (χ1v) is 13.1. The second-order valence-corrected chi connectivity index (χ2v) is 9.54. The van der Waals surface area contributed by atoms with Crippen LogP contribution < -0.4 is 0 Å². The number of ether oxygens (including phenoxy) is 1. The molecule has 2 aromatic carbocycles. The van der Waals surface area contributed by atoms with Crippen LogP contribution in [0.3, 0.4) is 0 Å². The number of carbonyl (C=O) groups excluding carboxylic acids is 1. The van der Waals surface area contributed by atoms with E-state index in [4.69, 9.17) is 4.74 Å². The Balaban J connectivity index is 1.47. The Morgan fingerprint density at radius 1 is 0.719 bits per heavy atom. The van der Waals surface area contributed by atoms with E-state index in [9.17, 15) is 4.79 Å². The fourth-order valence-corrected chi connectivity index (χ4v) is 4.76. The van der Waals surface area contributed by atoms with E-state index in [0.29, 0.717) is 0 Å². The lowest BCUT2D eigenvalue weighted by atomic mass is 9.94. The normalized spacial score (nSPS) is 18.1. The maximum absolute atomic E-state index is 12.3. The minimum absolute atomic E-state index is 0.00200. The molecule has 0 amide bonds. The van der Waals surface area contributed by atoms with Crippen LogP contribution in [0.1, 0.15) is 108 Å². The summed E-state index contributed by atoms with van der Waals surface area (Å²) in [5, 5.41) is 0. The van der Waals surface area contributed by atoms with Gasteiger partial charge >= 0.3 is 5.97 Å². The lowest BCUT2D eigenvalue weighted by molar-refractivity contribution is -0.144. The molecule has 1 aliphatic heterocycles. The molecule has 0 bridgehead atoms. The van der Waals surface area contributed by atoms with Gasteiger partial charge in [-0.05, 0) is 41.5 Å². The van der Waals surface area contributed by atoms with Crippen molar-refractivity contribution in [1.29, 1.82) is 0 Å². The van der Waals surface area contributed by atoms with Gasteiger partial charge in [0.05, 0.1) is 5.92 Å². The average Bonchev–Trinajstić information content (AvgIpc) is 3.20. The molecule has 2 unspecified atom stereocenters. The summed E-state index contributed by atoms with van der Waals surface area (Å²) in [5.41, 5.74) is 5.02. The van der Waals surface area contributed by atoms with Crippen molar-refractivity contribution in [2.75, 3.05) is 0 Å². The van der Waals surface area contributed by atoms with Crippen LogP contribution >= 0.6 is 0 Å². The van der Waals surface area contributed by atoms with Crippen LogP contribution in [0.25, 0.3) is 11.1 Å². The maximum Gasteiger partial charge on any atom is 0.309 e. The number of esters is 1. The number of hydrogen-bond donors (Lipinski definition) is 0. The van der Waals surface area contributed by atoms with Crippen LogP contribution in [0.5, 0.6) is 0 Å². The largest absolute Gasteiger partial charge is 0.457 e. The Morgan fingerprint density at radius 2 is 1.28 bits per heavy atom. The van der Waals surface area contributed by atoms with E-state index in [2.05, 4.69) is 62.4 Å². The smallest absolute Gasteiger partial charge is 0.309 e. The van der Waals surface area contributed by atoms with Gasteiger partial charge in [-0.2, -0.15) is 0 Å². The number of hydrogen-bond acceptors (Lipinski definition) is 2. The highest BCUT2D eigenvalue weighted by Crippen LogP contribution is 2.36. The molecular formula is C30H42O2. The van der Waals surface area contributed by atoms with Gasteiger partial charge in [-0.3, -0.25) is 4.79 Å². The molecule has 1 aliphatic rings. The molecular weight excluding hydrogens is 392 g/mol. The fraction of sp³-hybridized carbons (Fsp3) is 0.567. The van der Waals surface area contributed by atoms with Crippen LogP contribution in [-0.4, -0.2) is 5.97 Å². The van der Waals surface area contributed by atoms with Crippen molar-refractivity contribution in [1.82, 2.24) is 0 Å². The van der Waals surface area contributed by atoms with Crippen molar-refractivity contribution < 1.29 is 9.53 Å². The summed E-state index contributed by atoms with van der Waals surface area (Å²) < 4.78 is 5.73. The highest BCUT2D eigenvalue weighted by molar-refractivity contribution is 5.75. The molecule has 174 valence electrons. The molecule has 2 nitrogen and oxygen atoms in total. The van der Waals surface area contributed by atoms with Gasteiger partial charge in [-0.25, -0.2) is 0 Å². The molecule has 1 fully saturated rings. The van der Waals surface area contributed by atoms with E-state index in [0.717, 1.165) is 24.8 Å². The van der Waals surface area contributed by atoms with Gasteiger partial charge in [0, 0.05) is 6.42 Å². The molecule has 1 saturated heterocycles. The topological polar surface area (TPSA) is 26.3 Å². The van der Waals surface area contributed by atoms with Crippen molar-refractivity contribution in [3.05, 3.63) is 59.7 Å². The van der Waals surface area contributed by atoms with E-state index in [1.54, 1.807) is 0 Å². The van der Waals surface area contributed by atoms with E-state index in [1.165, 1.54) is 80.9 Å². The second-order valence-electron chi connectivity index (χ2n) is 9.54. The third kappa shape index (κ3) is 7.50. The summed E-state index contributed by atoms with van der Waals surface area (Å²) in [6, 6.07) is 17.6. The molecule has 0 saturated carbocycles. The number of rotatable bonds is 14. The summed E-state index contributed by atoms with van der Waals surface area (Å²) in [4.78, 5) is 12.3. The van der Waals surface area contributed by atoms with Crippen LogP contribution in [0.2, 0.25) is 0 Å². The lowest BCUT2D eigenvalue weighted by Crippen LogP contribution is -2.06. The Kier molecular flexibility index (Phi) is 10.3. The summed E-state index contributed by atoms with van der Waals surface area (Å²) in [6.45, 7) is 4.50. The van der Waals surface area contributed by atoms with Crippen LogP contribution in [0.4, 0.5) is 0 Å². The number of carbonyl (C=O) groups is 1. The number of cyclic esters (lactones) is 1. The molecule has 1 heterocycles. The minimum Gasteiger partial charge on any atom is -0.457 e. The minimum atomic E-state index is -0.0767. The first-order chi connectivity index (χ1) is 15.7. The van der Waals surface area contributed by atoms with Gasteiger partial charge in [0.2, 0.25) is 0 Å². The van der Waals surface area contributed by atoms with E-state index < -0.39 is 0 Å². The first-order valence-electron chi connectivity index (χ1n) is 13.1. The van der Waals surface area contributed by atoms with E-state index in [1.807, 2.05) is 0 Å². The predicted molar refractivity (Wildman–Crippen MR) is 135 cm³/mol. The van der Waals surface area contributed by atoms with Gasteiger partial charge in [0.15, 0.2) is 0 Å². The van der Waals surface area contributed by atoms with Gasteiger partial charge in [-0.15, -0.1) is 0 Å². The number of aryl methyl sites for hydroxylation is 1. The van der Waals surface area contributed by atoms with Crippen LogP contribution in [0, 0.1) is 5.92 Å². The number of benzene rings is 2. The Morgan fingerprint density at radius 3 is 1.94 bits per heavy atom.